The smallest absolute Gasteiger partial charge is 0.328 e. The van der Waals surface area contributed by atoms with Crippen molar-refractivity contribution in [3.8, 4) is 0 Å². The van der Waals surface area contributed by atoms with Crippen LogP contribution in [-0.2, 0) is 14.0 Å². The molecule has 0 saturated carbocycles. The SMILES string of the molecule is COC(=O)C(CCO[Si](C)(C)C(C)(C)C)NC(=O)c1cc2cc(F)ccc2[nH]1. The number of methoxy groups -OCH3 is 1. The van der Waals surface area contributed by atoms with E-state index in [1.165, 1.54) is 19.2 Å². The van der Waals surface area contributed by atoms with E-state index in [1.54, 1.807) is 12.1 Å². The molecule has 1 heterocycles. The highest BCUT2D eigenvalue weighted by Crippen LogP contribution is 2.36. The van der Waals surface area contributed by atoms with Crippen LogP contribution in [0.4, 0.5) is 4.39 Å². The Morgan fingerprint density at radius 2 is 1.93 bits per heavy atom. The summed E-state index contributed by atoms with van der Waals surface area (Å²) >= 11 is 0. The lowest BCUT2D eigenvalue weighted by molar-refractivity contribution is -0.143. The molecule has 0 aliphatic heterocycles. The molecule has 8 heteroatoms. The second-order valence-electron chi connectivity index (χ2n) is 8.36. The van der Waals surface area contributed by atoms with E-state index in [0.29, 0.717) is 23.9 Å². The number of aromatic amines is 1. The average Bonchev–Trinajstić information content (AvgIpc) is 3.02. The fourth-order valence-corrected chi connectivity index (χ4v) is 3.56. The Bertz CT molecular complexity index is 857. The monoisotopic (exact) mass is 408 g/mol. The van der Waals surface area contributed by atoms with Gasteiger partial charge in [-0.15, -0.1) is 0 Å². The van der Waals surface area contributed by atoms with E-state index in [9.17, 15) is 14.0 Å². The molecule has 0 fully saturated rings. The second kappa shape index (κ2) is 8.44. The van der Waals surface area contributed by atoms with Crippen molar-refractivity contribution in [3.05, 3.63) is 35.8 Å². The molecule has 0 aliphatic rings. The summed E-state index contributed by atoms with van der Waals surface area (Å²) in [7, 11) is -0.675. The largest absolute Gasteiger partial charge is 0.467 e. The summed E-state index contributed by atoms with van der Waals surface area (Å²) in [4.78, 5) is 27.6. The first-order valence-electron chi connectivity index (χ1n) is 9.25. The number of ether oxygens (including phenoxy) is 1. The predicted molar refractivity (Wildman–Crippen MR) is 109 cm³/mol. The molecule has 0 aliphatic carbocycles. The van der Waals surface area contributed by atoms with E-state index < -0.39 is 26.2 Å². The van der Waals surface area contributed by atoms with Crippen LogP contribution in [0, 0.1) is 5.82 Å². The number of rotatable bonds is 7. The molecular weight excluding hydrogens is 379 g/mol. The Kier molecular flexibility index (Phi) is 6.66. The van der Waals surface area contributed by atoms with Crippen LogP contribution in [0.3, 0.4) is 0 Å². The lowest BCUT2D eigenvalue weighted by Crippen LogP contribution is -2.45. The van der Waals surface area contributed by atoms with Crippen molar-refractivity contribution in [2.75, 3.05) is 13.7 Å². The Morgan fingerprint density at radius 1 is 1.25 bits per heavy atom. The molecular formula is C20H29FN2O4Si. The Morgan fingerprint density at radius 3 is 2.54 bits per heavy atom. The standard InChI is InChI=1S/C20H29FN2O4Si/c1-20(2,3)28(5,6)27-10-9-16(19(25)26-4)23-18(24)17-12-13-11-14(21)7-8-15(13)22-17/h7-8,11-12,16,22H,9-10H2,1-6H3,(H,23,24). The molecule has 0 radical (unpaired) electrons. The minimum Gasteiger partial charge on any atom is -0.467 e. The molecule has 2 N–H and O–H groups in total. The van der Waals surface area contributed by atoms with Crippen LogP contribution < -0.4 is 5.32 Å². The predicted octanol–water partition coefficient (Wildman–Crippen LogP) is 3.99. The number of amides is 1. The van der Waals surface area contributed by atoms with Gasteiger partial charge in [-0.1, -0.05) is 20.8 Å². The summed E-state index contributed by atoms with van der Waals surface area (Å²) < 4.78 is 24.3. The molecule has 0 saturated heterocycles. The number of aromatic nitrogens is 1. The maximum atomic E-state index is 13.3. The molecule has 154 valence electrons. The first-order valence-corrected chi connectivity index (χ1v) is 12.2. The minimum absolute atomic E-state index is 0.0522. The van der Waals surface area contributed by atoms with E-state index in [0.717, 1.165) is 0 Å². The molecule has 1 aromatic carbocycles. The van der Waals surface area contributed by atoms with Gasteiger partial charge in [-0.05, 0) is 42.4 Å². The highest BCUT2D eigenvalue weighted by molar-refractivity contribution is 6.74. The Balaban J connectivity index is 2.06. The fourth-order valence-electron chi connectivity index (χ4n) is 2.50. The molecule has 2 rings (SSSR count). The molecule has 28 heavy (non-hydrogen) atoms. The van der Waals surface area contributed by atoms with Crippen LogP contribution in [-0.4, -0.2) is 44.9 Å². The van der Waals surface area contributed by atoms with Crippen molar-refractivity contribution in [2.24, 2.45) is 0 Å². The maximum absolute atomic E-state index is 13.3. The van der Waals surface area contributed by atoms with Crippen molar-refractivity contribution in [3.63, 3.8) is 0 Å². The van der Waals surface area contributed by atoms with Crippen LogP contribution in [0.2, 0.25) is 18.1 Å². The van der Waals surface area contributed by atoms with Gasteiger partial charge < -0.3 is 19.5 Å². The van der Waals surface area contributed by atoms with Gasteiger partial charge in [0.2, 0.25) is 0 Å². The third-order valence-corrected chi connectivity index (χ3v) is 9.83. The molecule has 1 atom stereocenters. The summed E-state index contributed by atoms with van der Waals surface area (Å²) in [5.41, 5.74) is 0.891. The Hall–Kier alpha value is -2.19. The number of carbonyl (C=O) groups excluding carboxylic acids is 2. The molecule has 1 amide bonds. The summed E-state index contributed by atoms with van der Waals surface area (Å²) in [6.45, 7) is 11.0. The van der Waals surface area contributed by atoms with Gasteiger partial charge in [-0.3, -0.25) is 4.79 Å². The van der Waals surface area contributed by atoms with Gasteiger partial charge in [-0.2, -0.15) is 0 Å². The van der Waals surface area contributed by atoms with Crippen molar-refractivity contribution in [1.82, 2.24) is 10.3 Å². The molecule has 1 aromatic heterocycles. The third-order valence-electron chi connectivity index (χ3n) is 5.29. The summed E-state index contributed by atoms with van der Waals surface area (Å²) in [5.74, 6) is -1.37. The number of nitrogens with one attached hydrogen (secondary N) is 2. The number of halogens is 1. The summed E-state index contributed by atoms with van der Waals surface area (Å²) in [6, 6.07) is 4.94. The van der Waals surface area contributed by atoms with Crippen molar-refractivity contribution >= 4 is 31.1 Å². The lowest BCUT2D eigenvalue weighted by atomic mass is 10.2. The zero-order valence-electron chi connectivity index (χ0n) is 17.3. The van der Waals surface area contributed by atoms with Crippen LogP contribution in [0.5, 0.6) is 0 Å². The van der Waals surface area contributed by atoms with Gasteiger partial charge in [-0.25, -0.2) is 9.18 Å². The molecule has 0 spiro atoms. The number of fused-ring (bicyclic) bond motifs is 1. The first kappa shape index (κ1) is 22.1. The van der Waals surface area contributed by atoms with Crippen LogP contribution >= 0.6 is 0 Å². The number of hydrogen-bond acceptors (Lipinski definition) is 4. The van der Waals surface area contributed by atoms with E-state index in [1.807, 2.05) is 0 Å². The van der Waals surface area contributed by atoms with Gasteiger partial charge in [0, 0.05) is 23.9 Å². The topological polar surface area (TPSA) is 80.4 Å². The van der Waals surface area contributed by atoms with Gasteiger partial charge in [0.25, 0.3) is 5.91 Å². The van der Waals surface area contributed by atoms with Gasteiger partial charge >= 0.3 is 5.97 Å². The van der Waals surface area contributed by atoms with Crippen molar-refractivity contribution < 1.29 is 23.1 Å². The van der Waals surface area contributed by atoms with Gasteiger partial charge in [0.15, 0.2) is 8.32 Å². The van der Waals surface area contributed by atoms with Crippen molar-refractivity contribution in [1.29, 1.82) is 0 Å². The quantitative estimate of drug-likeness (QED) is 0.536. The number of H-pyrrole nitrogens is 1. The maximum Gasteiger partial charge on any atom is 0.328 e. The molecule has 2 aromatic rings. The van der Waals surface area contributed by atoms with E-state index >= 15 is 0 Å². The average molecular weight is 409 g/mol. The number of carbonyl (C=O) groups is 2. The summed E-state index contributed by atoms with van der Waals surface area (Å²) in [5, 5.41) is 3.32. The zero-order chi connectivity index (χ0) is 21.1. The van der Waals surface area contributed by atoms with Crippen molar-refractivity contribution in [2.45, 2.75) is 51.4 Å². The number of benzene rings is 1. The second-order valence-corrected chi connectivity index (χ2v) is 13.2. The normalized spacial score (nSPS) is 13.4. The molecule has 1 unspecified atom stereocenters. The van der Waals surface area contributed by atoms with E-state index in [-0.39, 0.29) is 16.5 Å². The van der Waals surface area contributed by atoms with Gasteiger partial charge in [0.05, 0.1) is 7.11 Å². The minimum atomic E-state index is -1.95. The van der Waals surface area contributed by atoms with E-state index in [4.69, 9.17) is 9.16 Å². The van der Waals surface area contributed by atoms with Gasteiger partial charge in [0.1, 0.15) is 17.6 Å². The first-order chi connectivity index (χ1) is 12.9. The van der Waals surface area contributed by atoms with Crippen LogP contribution in [0.1, 0.15) is 37.7 Å². The number of esters is 1. The molecule has 0 bridgehead atoms. The van der Waals surface area contributed by atoms with Crippen LogP contribution in [0.15, 0.2) is 24.3 Å². The fraction of sp³-hybridized carbons (Fsp3) is 0.500. The Labute approximate surface area is 165 Å². The van der Waals surface area contributed by atoms with Crippen LogP contribution in [0.25, 0.3) is 10.9 Å². The number of hydrogen-bond donors (Lipinski definition) is 2. The highest BCUT2D eigenvalue weighted by Gasteiger charge is 2.37. The summed E-state index contributed by atoms with van der Waals surface area (Å²) in [6.07, 6.45) is 0.305. The highest BCUT2D eigenvalue weighted by atomic mass is 28.4. The van der Waals surface area contributed by atoms with E-state index in [2.05, 4.69) is 44.2 Å². The molecule has 6 nitrogen and oxygen atoms in total. The lowest BCUT2D eigenvalue weighted by Gasteiger charge is -2.36. The zero-order valence-corrected chi connectivity index (χ0v) is 18.3. The third kappa shape index (κ3) is 5.20.